The summed E-state index contributed by atoms with van der Waals surface area (Å²) in [4.78, 5) is 22.4. The third-order valence-electron chi connectivity index (χ3n) is 2.05. The molecule has 3 heteroatoms. The molecule has 0 saturated heterocycles. The van der Waals surface area contributed by atoms with Gasteiger partial charge in [0.15, 0.2) is 5.78 Å². The molecular formula is C11H19ClO2. The number of Topliss-reactive ketones (excluding diaryl/α,β-unsaturated/α-hetero) is 2. The van der Waals surface area contributed by atoms with Gasteiger partial charge in [-0.15, -0.1) is 11.6 Å². The predicted octanol–water partition coefficient (Wildman–Crippen LogP) is 3.11. The number of carbonyl (C=O) groups excluding carboxylic acids is 2. The van der Waals surface area contributed by atoms with Crippen LogP contribution in [0, 0.1) is 0 Å². The molecule has 0 fully saturated rings. The average Bonchev–Trinajstić information content (AvgIpc) is 2.15. The maximum atomic E-state index is 11.3. The third kappa shape index (κ3) is 6.14. The maximum Gasteiger partial charge on any atom is 0.150 e. The zero-order chi connectivity index (χ0) is 11.0. The van der Waals surface area contributed by atoms with E-state index in [9.17, 15) is 9.59 Å². The summed E-state index contributed by atoms with van der Waals surface area (Å²) in [6.07, 6.45) is 3.76. The SMILES string of the molecule is CCCC(=O)CCC(Cl)C(=O)CCC. The van der Waals surface area contributed by atoms with Gasteiger partial charge in [0.1, 0.15) is 5.78 Å². The Hall–Kier alpha value is -0.370. The van der Waals surface area contributed by atoms with E-state index in [1.165, 1.54) is 0 Å². The molecule has 0 aromatic heterocycles. The highest BCUT2D eigenvalue weighted by Crippen LogP contribution is 2.11. The lowest BCUT2D eigenvalue weighted by Crippen LogP contribution is -2.15. The van der Waals surface area contributed by atoms with E-state index < -0.39 is 5.38 Å². The molecule has 0 radical (unpaired) electrons. The van der Waals surface area contributed by atoms with Crippen LogP contribution in [0.15, 0.2) is 0 Å². The van der Waals surface area contributed by atoms with Gasteiger partial charge in [-0.2, -0.15) is 0 Å². The van der Waals surface area contributed by atoms with Gasteiger partial charge in [-0.1, -0.05) is 13.8 Å². The Morgan fingerprint density at radius 2 is 1.64 bits per heavy atom. The average molecular weight is 219 g/mol. The van der Waals surface area contributed by atoms with Gasteiger partial charge in [-0.05, 0) is 19.3 Å². The van der Waals surface area contributed by atoms with Crippen molar-refractivity contribution in [3.63, 3.8) is 0 Å². The first-order valence-electron chi connectivity index (χ1n) is 5.30. The molecule has 0 amide bonds. The molecule has 0 heterocycles. The molecule has 0 aromatic carbocycles. The van der Waals surface area contributed by atoms with E-state index in [1.54, 1.807) is 0 Å². The Balaban J connectivity index is 3.67. The molecule has 0 bridgehead atoms. The number of hydrogen-bond donors (Lipinski definition) is 0. The van der Waals surface area contributed by atoms with Crippen LogP contribution in [0.4, 0.5) is 0 Å². The highest BCUT2D eigenvalue weighted by atomic mass is 35.5. The summed E-state index contributed by atoms with van der Waals surface area (Å²) < 4.78 is 0. The molecule has 0 aliphatic heterocycles. The summed E-state index contributed by atoms with van der Waals surface area (Å²) in [7, 11) is 0. The van der Waals surface area contributed by atoms with E-state index in [0.29, 0.717) is 25.7 Å². The highest BCUT2D eigenvalue weighted by molar-refractivity contribution is 6.31. The van der Waals surface area contributed by atoms with Crippen LogP contribution in [0.1, 0.15) is 52.4 Å². The number of ketones is 2. The molecule has 1 atom stereocenters. The summed E-state index contributed by atoms with van der Waals surface area (Å²) in [5.41, 5.74) is 0. The van der Waals surface area contributed by atoms with Crippen molar-refractivity contribution in [2.45, 2.75) is 57.7 Å². The van der Waals surface area contributed by atoms with Crippen molar-refractivity contribution in [2.75, 3.05) is 0 Å². The predicted molar refractivity (Wildman–Crippen MR) is 58.7 cm³/mol. The first-order valence-corrected chi connectivity index (χ1v) is 5.73. The standard InChI is InChI=1S/C11H19ClO2/c1-3-5-9(13)7-8-10(12)11(14)6-4-2/h10H,3-8H2,1-2H3. The minimum atomic E-state index is -0.462. The highest BCUT2D eigenvalue weighted by Gasteiger charge is 2.15. The molecule has 0 saturated carbocycles. The second kappa shape index (κ2) is 7.98. The number of hydrogen-bond acceptors (Lipinski definition) is 2. The summed E-state index contributed by atoms with van der Waals surface area (Å²) in [5, 5.41) is -0.462. The molecule has 0 aromatic rings. The van der Waals surface area contributed by atoms with Gasteiger partial charge in [0.2, 0.25) is 0 Å². The molecule has 0 aliphatic rings. The normalized spacial score (nSPS) is 12.5. The zero-order valence-corrected chi connectivity index (χ0v) is 9.77. The molecule has 1 unspecified atom stereocenters. The largest absolute Gasteiger partial charge is 0.300 e. The van der Waals surface area contributed by atoms with Crippen molar-refractivity contribution >= 4 is 23.2 Å². The topological polar surface area (TPSA) is 34.1 Å². The summed E-state index contributed by atoms with van der Waals surface area (Å²) in [6, 6.07) is 0. The summed E-state index contributed by atoms with van der Waals surface area (Å²) >= 11 is 5.85. The Bertz CT molecular complexity index is 190. The monoisotopic (exact) mass is 218 g/mol. The Morgan fingerprint density at radius 1 is 1.07 bits per heavy atom. The summed E-state index contributed by atoms with van der Waals surface area (Å²) in [6.45, 7) is 3.92. The van der Waals surface area contributed by atoms with Gasteiger partial charge in [0, 0.05) is 19.3 Å². The van der Waals surface area contributed by atoms with Gasteiger partial charge in [-0.25, -0.2) is 0 Å². The van der Waals surface area contributed by atoms with Crippen molar-refractivity contribution in [3.8, 4) is 0 Å². The van der Waals surface area contributed by atoms with Crippen LogP contribution >= 0.6 is 11.6 Å². The molecule has 14 heavy (non-hydrogen) atoms. The van der Waals surface area contributed by atoms with Crippen molar-refractivity contribution in [3.05, 3.63) is 0 Å². The number of alkyl halides is 1. The van der Waals surface area contributed by atoms with Crippen molar-refractivity contribution in [2.24, 2.45) is 0 Å². The van der Waals surface area contributed by atoms with Gasteiger partial charge < -0.3 is 0 Å². The van der Waals surface area contributed by atoms with Crippen LogP contribution < -0.4 is 0 Å². The van der Waals surface area contributed by atoms with Gasteiger partial charge in [0.05, 0.1) is 5.38 Å². The van der Waals surface area contributed by atoms with Gasteiger partial charge >= 0.3 is 0 Å². The van der Waals surface area contributed by atoms with Crippen LogP contribution in [0.2, 0.25) is 0 Å². The van der Waals surface area contributed by atoms with Crippen LogP contribution in [-0.2, 0) is 9.59 Å². The van der Waals surface area contributed by atoms with E-state index in [4.69, 9.17) is 11.6 Å². The fourth-order valence-electron chi connectivity index (χ4n) is 1.26. The first kappa shape index (κ1) is 13.6. The van der Waals surface area contributed by atoms with Crippen LogP contribution in [0.25, 0.3) is 0 Å². The smallest absolute Gasteiger partial charge is 0.150 e. The van der Waals surface area contributed by atoms with Gasteiger partial charge in [0.25, 0.3) is 0 Å². The minimum Gasteiger partial charge on any atom is -0.300 e. The number of halogens is 1. The van der Waals surface area contributed by atoms with Crippen molar-refractivity contribution in [1.29, 1.82) is 0 Å². The van der Waals surface area contributed by atoms with Crippen molar-refractivity contribution < 1.29 is 9.59 Å². The van der Waals surface area contributed by atoms with Crippen LogP contribution in [0.3, 0.4) is 0 Å². The van der Waals surface area contributed by atoms with Crippen molar-refractivity contribution in [1.82, 2.24) is 0 Å². The fraction of sp³-hybridized carbons (Fsp3) is 0.818. The Morgan fingerprint density at radius 3 is 2.14 bits per heavy atom. The lowest BCUT2D eigenvalue weighted by molar-refractivity contribution is -0.120. The molecule has 82 valence electrons. The van der Waals surface area contributed by atoms with Crippen LogP contribution in [-0.4, -0.2) is 16.9 Å². The van der Waals surface area contributed by atoms with E-state index in [-0.39, 0.29) is 11.6 Å². The Kier molecular flexibility index (Phi) is 7.77. The fourth-order valence-corrected chi connectivity index (χ4v) is 1.47. The molecule has 0 spiro atoms. The zero-order valence-electron chi connectivity index (χ0n) is 9.01. The molecule has 0 N–H and O–H groups in total. The van der Waals surface area contributed by atoms with E-state index in [1.807, 2.05) is 13.8 Å². The number of rotatable bonds is 8. The minimum absolute atomic E-state index is 0.0680. The van der Waals surface area contributed by atoms with Gasteiger partial charge in [-0.3, -0.25) is 9.59 Å². The van der Waals surface area contributed by atoms with E-state index in [0.717, 1.165) is 12.8 Å². The van der Waals surface area contributed by atoms with E-state index in [2.05, 4.69) is 0 Å². The first-order chi connectivity index (χ1) is 6.61. The van der Waals surface area contributed by atoms with E-state index >= 15 is 0 Å². The second-order valence-corrected chi connectivity index (χ2v) is 4.04. The lowest BCUT2D eigenvalue weighted by Gasteiger charge is -2.06. The molecule has 0 rings (SSSR count). The third-order valence-corrected chi connectivity index (χ3v) is 2.51. The molecule has 0 aliphatic carbocycles. The Labute approximate surface area is 91.0 Å². The van der Waals surface area contributed by atoms with Crippen LogP contribution in [0.5, 0.6) is 0 Å². The lowest BCUT2D eigenvalue weighted by atomic mass is 10.1. The molecule has 2 nitrogen and oxygen atoms in total. The summed E-state index contributed by atoms with van der Waals surface area (Å²) in [5.74, 6) is 0.279. The second-order valence-electron chi connectivity index (χ2n) is 3.51. The quantitative estimate of drug-likeness (QED) is 0.587. The maximum absolute atomic E-state index is 11.3. The molecular weight excluding hydrogens is 200 g/mol. The number of carbonyl (C=O) groups is 2.